The number of ether oxygens (including phenoxy) is 1. The van der Waals surface area contributed by atoms with Gasteiger partial charge in [0, 0.05) is 29.3 Å². The summed E-state index contributed by atoms with van der Waals surface area (Å²) in [5, 5.41) is 17.4. The van der Waals surface area contributed by atoms with E-state index in [1.807, 2.05) is 58.0 Å². The molecule has 0 saturated heterocycles. The zero-order valence-electron chi connectivity index (χ0n) is 21.8. The van der Waals surface area contributed by atoms with Crippen molar-refractivity contribution in [1.82, 2.24) is 15.4 Å². The van der Waals surface area contributed by atoms with E-state index < -0.39 is 0 Å². The number of benzene rings is 1. The second-order valence-corrected chi connectivity index (χ2v) is 8.17. The largest absolute Gasteiger partial charge is 0.497 e. The van der Waals surface area contributed by atoms with Crippen molar-refractivity contribution in [2.75, 3.05) is 13.7 Å². The van der Waals surface area contributed by atoms with Gasteiger partial charge in [-0.15, -0.1) is 5.10 Å². The van der Waals surface area contributed by atoms with E-state index in [1.54, 1.807) is 26.2 Å². The number of nitrogens with two attached hydrogens (primary N) is 2. The predicted octanol–water partition coefficient (Wildman–Crippen LogP) is 3.57. The third-order valence-corrected chi connectivity index (χ3v) is 5.57. The number of aromatic nitrogens is 1. The number of amidine groups is 1. The lowest BCUT2D eigenvalue weighted by molar-refractivity contribution is 0.0945. The summed E-state index contributed by atoms with van der Waals surface area (Å²) < 4.78 is 5.21. The van der Waals surface area contributed by atoms with Crippen molar-refractivity contribution in [3.63, 3.8) is 0 Å². The van der Waals surface area contributed by atoms with Gasteiger partial charge >= 0.3 is 0 Å². The standard InChI is InChI=1S/C25H29N7O2.C2H6/c1-15(22-10-20(12-26)17(22)3)14-32(28)31-24(27)19-8-16(2)30-23(11-19)25(33)29-13-18-6-5-7-21(9-18)34-4;1-2/h5-11,17H,13-14,28H2,1-4H3,(H2,27,31)(H,29,33);1-2H3. The van der Waals surface area contributed by atoms with Gasteiger partial charge in [0.1, 0.15) is 11.4 Å². The lowest BCUT2D eigenvalue weighted by Crippen LogP contribution is -2.32. The Morgan fingerprint density at radius 3 is 2.67 bits per heavy atom. The van der Waals surface area contributed by atoms with Crippen molar-refractivity contribution < 1.29 is 9.53 Å². The van der Waals surface area contributed by atoms with Crippen molar-refractivity contribution in [1.29, 1.82) is 5.26 Å². The van der Waals surface area contributed by atoms with Crippen LogP contribution in [-0.4, -0.2) is 35.5 Å². The monoisotopic (exact) mass is 489 g/mol. The van der Waals surface area contributed by atoms with E-state index in [0.29, 0.717) is 24.3 Å². The zero-order chi connectivity index (χ0) is 26.8. The smallest absolute Gasteiger partial charge is 0.270 e. The Kier molecular flexibility index (Phi) is 10.2. The Hall–Kier alpha value is -4.16. The van der Waals surface area contributed by atoms with Crippen LogP contribution in [0.5, 0.6) is 5.75 Å². The molecular formula is C27H35N7O2. The summed E-state index contributed by atoms with van der Waals surface area (Å²) in [5.41, 5.74) is 11.3. The summed E-state index contributed by atoms with van der Waals surface area (Å²) in [6.07, 6.45) is 1.86. The van der Waals surface area contributed by atoms with Gasteiger partial charge in [0.2, 0.25) is 0 Å². The summed E-state index contributed by atoms with van der Waals surface area (Å²) in [6.45, 7) is 10.4. The Balaban J connectivity index is 0.00000222. The molecule has 0 bridgehead atoms. The van der Waals surface area contributed by atoms with Gasteiger partial charge in [-0.05, 0) is 60.9 Å². The number of aryl methyl sites for hydroxylation is 1. The molecule has 1 atom stereocenters. The van der Waals surface area contributed by atoms with Gasteiger partial charge in [-0.1, -0.05) is 32.9 Å². The average Bonchev–Trinajstić information content (AvgIpc) is 2.87. The molecule has 0 saturated carbocycles. The quantitative estimate of drug-likeness (QED) is 0.223. The van der Waals surface area contributed by atoms with E-state index in [4.69, 9.17) is 21.6 Å². The van der Waals surface area contributed by atoms with Crippen molar-refractivity contribution in [2.24, 2.45) is 22.6 Å². The molecular weight excluding hydrogens is 454 g/mol. The first-order valence-electron chi connectivity index (χ1n) is 11.8. The zero-order valence-corrected chi connectivity index (χ0v) is 21.8. The van der Waals surface area contributed by atoms with Crippen LogP contribution in [0, 0.1) is 24.2 Å². The number of carbonyl (C=O) groups is 1. The molecule has 5 N–H and O–H groups in total. The summed E-state index contributed by atoms with van der Waals surface area (Å²) in [6, 6.07) is 13.0. The highest BCUT2D eigenvalue weighted by Gasteiger charge is 2.24. The number of hydrazine groups is 1. The van der Waals surface area contributed by atoms with Crippen LogP contribution >= 0.6 is 0 Å². The average molecular weight is 490 g/mol. The van der Waals surface area contributed by atoms with Crippen LogP contribution in [0.25, 0.3) is 0 Å². The molecule has 0 fully saturated rings. The Morgan fingerprint density at radius 1 is 1.31 bits per heavy atom. The number of hydrogen-bond donors (Lipinski definition) is 3. The van der Waals surface area contributed by atoms with E-state index in [-0.39, 0.29) is 23.4 Å². The highest BCUT2D eigenvalue weighted by Crippen LogP contribution is 2.34. The molecule has 9 heteroatoms. The molecule has 36 heavy (non-hydrogen) atoms. The van der Waals surface area contributed by atoms with Crippen molar-refractivity contribution in [3.8, 4) is 11.8 Å². The Morgan fingerprint density at radius 2 is 2.03 bits per heavy atom. The SMILES string of the molecule is CC.COc1cccc(CNC(=O)c2cc(/C(N)=N/N(N)CC(C)=C3C=C(C#N)C3C)cc(C)n2)c1. The molecule has 0 radical (unpaired) electrons. The molecule has 2 aromatic rings. The fraction of sp³-hybridized carbons (Fsp3) is 0.333. The number of carbonyl (C=O) groups excluding carboxylic acids is 1. The number of hydrazone groups is 1. The van der Waals surface area contributed by atoms with Crippen LogP contribution in [0.3, 0.4) is 0 Å². The van der Waals surface area contributed by atoms with E-state index >= 15 is 0 Å². The second-order valence-electron chi connectivity index (χ2n) is 8.17. The van der Waals surface area contributed by atoms with E-state index in [2.05, 4.69) is 21.5 Å². The number of methoxy groups -OCH3 is 1. The molecule has 1 aliphatic carbocycles. The van der Waals surface area contributed by atoms with Crippen molar-refractivity contribution in [2.45, 2.75) is 41.2 Å². The molecule has 1 aliphatic rings. The number of allylic oxidation sites excluding steroid dienone is 3. The van der Waals surface area contributed by atoms with Gasteiger partial charge < -0.3 is 15.8 Å². The number of pyridine rings is 1. The minimum absolute atomic E-state index is 0.0978. The molecule has 1 aromatic heterocycles. The van der Waals surface area contributed by atoms with Crippen LogP contribution in [0.15, 0.2) is 64.3 Å². The summed E-state index contributed by atoms with van der Waals surface area (Å²) >= 11 is 0. The van der Waals surface area contributed by atoms with Crippen LogP contribution in [0.1, 0.15) is 55.0 Å². The highest BCUT2D eigenvalue weighted by atomic mass is 16.5. The van der Waals surface area contributed by atoms with E-state index in [9.17, 15) is 4.79 Å². The first-order valence-corrected chi connectivity index (χ1v) is 11.8. The van der Waals surface area contributed by atoms with Gasteiger partial charge in [-0.3, -0.25) is 4.79 Å². The van der Waals surface area contributed by atoms with Gasteiger partial charge in [-0.2, -0.15) is 5.26 Å². The fourth-order valence-corrected chi connectivity index (χ4v) is 3.66. The molecule has 190 valence electrons. The molecule has 1 amide bonds. The number of nitrogens with one attached hydrogen (secondary N) is 1. The number of hydrogen-bond acceptors (Lipinski definition) is 7. The van der Waals surface area contributed by atoms with Crippen molar-refractivity contribution in [3.05, 3.63) is 81.7 Å². The topological polar surface area (TPSA) is 143 Å². The van der Waals surface area contributed by atoms with Gasteiger partial charge in [0.05, 0.1) is 19.7 Å². The van der Waals surface area contributed by atoms with Crippen LogP contribution in [-0.2, 0) is 6.54 Å². The lowest BCUT2D eigenvalue weighted by Gasteiger charge is -2.26. The van der Waals surface area contributed by atoms with Gasteiger partial charge in [-0.25, -0.2) is 15.9 Å². The molecule has 1 unspecified atom stereocenters. The minimum Gasteiger partial charge on any atom is -0.497 e. The fourth-order valence-electron chi connectivity index (χ4n) is 3.66. The van der Waals surface area contributed by atoms with Crippen molar-refractivity contribution >= 4 is 11.7 Å². The lowest BCUT2D eigenvalue weighted by atomic mass is 9.79. The number of nitrogens with zero attached hydrogens (tertiary/aromatic N) is 4. The third-order valence-electron chi connectivity index (χ3n) is 5.57. The highest BCUT2D eigenvalue weighted by molar-refractivity contribution is 6.00. The third kappa shape index (κ3) is 7.17. The summed E-state index contributed by atoms with van der Waals surface area (Å²) in [4.78, 5) is 17.0. The predicted molar refractivity (Wildman–Crippen MR) is 142 cm³/mol. The normalized spacial score (nSPS) is 15.9. The Labute approximate surface area is 213 Å². The maximum atomic E-state index is 12.7. The van der Waals surface area contributed by atoms with Gasteiger partial charge in [0.25, 0.3) is 5.91 Å². The van der Waals surface area contributed by atoms with E-state index in [0.717, 1.165) is 28.0 Å². The first kappa shape index (κ1) is 28.1. The molecule has 9 nitrogen and oxygen atoms in total. The molecule has 0 aliphatic heterocycles. The molecule has 1 aromatic carbocycles. The number of amides is 1. The summed E-state index contributed by atoms with van der Waals surface area (Å²) in [7, 11) is 1.60. The molecule has 1 heterocycles. The van der Waals surface area contributed by atoms with Crippen LogP contribution < -0.4 is 21.6 Å². The minimum atomic E-state index is -0.329. The molecule has 3 rings (SSSR count). The van der Waals surface area contributed by atoms with E-state index in [1.165, 1.54) is 5.12 Å². The summed E-state index contributed by atoms with van der Waals surface area (Å²) in [5.74, 6) is 6.71. The maximum absolute atomic E-state index is 12.7. The van der Waals surface area contributed by atoms with Gasteiger partial charge in [0.15, 0.2) is 5.84 Å². The van der Waals surface area contributed by atoms with Crippen LogP contribution in [0.4, 0.5) is 0 Å². The number of rotatable bonds is 8. The number of nitriles is 1. The molecule has 0 spiro atoms. The first-order chi connectivity index (χ1) is 17.2. The maximum Gasteiger partial charge on any atom is 0.270 e. The Bertz CT molecular complexity index is 1220. The van der Waals surface area contributed by atoms with Crippen LogP contribution in [0.2, 0.25) is 0 Å². The second kappa shape index (κ2) is 13.1.